The number of carbonyl (C=O) groups excluding carboxylic acids is 1. The van der Waals surface area contributed by atoms with E-state index in [0.29, 0.717) is 21.2 Å². The number of hydrogen-bond acceptors (Lipinski definition) is 3. The van der Waals surface area contributed by atoms with Crippen molar-refractivity contribution < 1.29 is 17.8 Å². The van der Waals surface area contributed by atoms with Gasteiger partial charge in [0.25, 0.3) is 5.91 Å². The van der Waals surface area contributed by atoms with Crippen LogP contribution in [0.25, 0.3) is 0 Å². The minimum Gasteiger partial charge on any atom is -0.455 e. The third-order valence-corrected chi connectivity index (χ3v) is 5.12. The van der Waals surface area contributed by atoms with Gasteiger partial charge in [-0.1, -0.05) is 29.8 Å². The molecule has 3 aromatic rings. The van der Waals surface area contributed by atoms with Crippen LogP contribution in [0.5, 0.6) is 0 Å². The Morgan fingerprint density at radius 2 is 1.92 bits per heavy atom. The van der Waals surface area contributed by atoms with Crippen molar-refractivity contribution in [1.82, 2.24) is 5.32 Å². The number of nitrogens with one attached hydrogen (secondary N) is 1. The van der Waals surface area contributed by atoms with Crippen LogP contribution in [0.2, 0.25) is 5.02 Å². The lowest BCUT2D eigenvalue weighted by atomic mass is 10.2. The molecule has 26 heavy (non-hydrogen) atoms. The molecule has 1 heterocycles. The van der Waals surface area contributed by atoms with Crippen LogP contribution in [-0.4, -0.2) is 10.1 Å². The number of hydrogen-bond donors (Lipinski definition) is 1. The van der Waals surface area contributed by atoms with E-state index >= 15 is 0 Å². The van der Waals surface area contributed by atoms with E-state index in [4.69, 9.17) is 16.0 Å². The monoisotopic (exact) mass is 391 g/mol. The molecular weight excluding hydrogens is 377 g/mol. The Morgan fingerprint density at radius 3 is 2.69 bits per heavy atom. The Hall–Kier alpha value is -2.44. The van der Waals surface area contributed by atoms with E-state index in [-0.39, 0.29) is 23.9 Å². The first-order valence-corrected chi connectivity index (χ1v) is 9.46. The second-order valence-electron chi connectivity index (χ2n) is 5.53. The number of furan rings is 1. The largest absolute Gasteiger partial charge is 0.455 e. The third-order valence-electron chi connectivity index (χ3n) is 3.56. The van der Waals surface area contributed by atoms with E-state index in [1.807, 2.05) is 0 Å². The van der Waals surface area contributed by atoms with Gasteiger partial charge in [0.2, 0.25) is 0 Å². The number of benzene rings is 2. The second-order valence-corrected chi connectivity index (χ2v) is 7.41. The molecule has 0 radical (unpaired) electrons. The molecule has 4 nitrogen and oxygen atoms in total. The molecule has 3 rings (SSSR count). The van der Waals surface area contributed by atoms with Crippen LogP contribution in [0.1, 0.15) is 21.9 Å². The van der Waals surface area contributed by atoms with E-state index < -0.39 is 16.7 Å². The average Bonchev–Trinajstić information content (AvgIpc) is 3.08. The summed E-state index contributed by atoms with van der Waals surface area (Å²) in [6.07, 6.45) is 0. The van der Waals surface area contributed by atoms with Gasteiger partial charge in [0.1, 0.15) is 11.6 Å². The molecule has 0 unspecified atom stereocenters. The maximum atomic E-state index is 13.1. The highest BCUT2D eigenvalue weighted by Gasteiger charge is 2.14. The fourth-order valence-corrected chi connectivity index (χ4v) is 3.64. The van der Waals surface area contributed by atoms with Gasteiger partial charge in [-0.15, -0.1) is 0 Å². The van der Waals surface area contributed by atoms with Crippen molar-refractivity contribution in [3.05, 3.63) is 88.6 Å². The van der Waals surface area contributed by atoms with Gasteiger partial charge in [0.05, 0.1) is 16.6 Å². The van der Waals surface area contributed by atoms with Gasteiger partial charge in [0.15, 0.2) is 5.76 Å². The van der Waals surface area contributed by atoms with Crippen LogP contribution < -0.4 is 5.32 Å². The molecule has 7 heteroatoms. The Balaban J connectivity index is 1.60. The van der Waals surface area contributed by atoms with E-state index in [9.17, 15) is 13.4 Å². The van der Waals surface area contributed by atoms with Crippen molar-refractivity contribution in [2.45, 2.75) is 17.2 Å². The fourth-order valence-electron chi connectivity index (χ4n) is 2.32. The molecule has 1 amide bonds. The van der Waals surface area contributed by atoms with Crippen molar-refractivity contribution in [3.8, 4) is 0 Å². The van der Waals surface area contributed by atoms with Crippen molar-refractivity contribution in [2.75, 3.05) is 0 Å². The lowest BCUT2D eigenvalue weighted by Crippen LogP contribution is -2.22. The lowest BCUT2D eigenvalue weighted by molar-refractivity contribution is 0.0921. The first-order valence-electron chi connectivity index (χ1n) is 7.76. The first-order chi connectivity index (χ1) is 12.5. The molecule has 0 aliphatic carbocycles. The zero-order chi connectivity index (χ0) is 18.5. The number of halogens is 2. The molecular formula is C19H15ClFNO3S. The summed E-state index contributed by atoms with van der Waals surface area (Å²) in [6.45, 7) is 0.182. The van der Waals surface area contributed by atoms with Crippen molar-refractivity contribution in [2.24, 2.45) is 0 Å². The van der Waals surface area contributed by atoms with Crippen LogP contribution in [0.15, 0.2) is 70.0 Å². The van der Waals surface area contributed by atoms with Gasteiger partial charge in [-0.3, -0.25) is 9.00 Å². The minimum atomic E-state index is -1.33. The zero-order valence-electron chi connectivity index (χ0n) is 13.6. The highest BCUT2D eigenvalue weighted by atomic mass is 35.5. The SMILES string of the molecule is O=C(NCc1cccc(F)c1)c1ccc(C[S@@](=O)c2cccc(Cl)c2)o1. The van der Waals surface area contributed by atoms with Crippen molar-refractivity contribution in [3.63, 3.8) is 0 Å². The summed E-state index contributed by atoms with van der Waals surface area (Å²) in [5, 5.41) is 3.16. The van der Waals surface area contributed by atoms with Gasteiger partial charge >= 0.3 is 0 Å². The normalized spacial score (nSPS) is 11.9. The lowest BCUT2D eigenvalue weighted by Gasteiger charge is -2.04. The fraction of sp³-hybridized carbons (Fsp3) is 0.105. The zero-order valence-corrected chi connectivity index (χ0v) is 15.1. The maximum absolute atomic E-state index is 13.1. The van der Waals surface area contributed by atoms with Crippen LogP contribution in [-0.2, 0) is 23.1 Å². The Labute approximate surface area is 157 Å². The molecule has 0 saturated carbocycles. The smallest absolute Gasteiger partial charge is 0.287 e. The molecule has 1 aromatic heterocycles. The molecule has 0 bridgehead atoms. The Morgan fingerprint density at radius 1 is 1.12 bits per heavy atom. The highest BCUT2D eigenvalue weighted by molar-refractivity contribution is 7.84. The second kappa shape index (κ2) is 8.29. The number of carbonyl (C=O) groups is 1. The summed E-state index contributed by atoms with van der Waals surface area (Å²) in [7, 11) is -1.33. The van der Waals surface area contributed by atoms with Crippen LogP contribution >= 0.6 is 11.6 Å². The number of amides is 1. The summed E-state index contributed by atoms with van der Waals surface area (Å²) in [5.41, 5.74) is 0.646. The van der Waals surface area contributed by atoms with E-state index in [1.165, 1.54) is 18.2 Å². The first kappa shape index (κ1) is 18.4. The summed E-state index contributed by atoms with van der Waals surface area (Å²) >= 11 is 5.90. The summed E-state index contributed by atoms with van der Waals surface area (Å²) in [4.78, 5) is 12.7. The quantitative estimate of drug-likeness (QED) is 0.681. The van der Waals surface area contributed by atoms with E-state index in [0.717, 1.165) is 0 Å². The molecule has 0 aliphatic heterocycles. The van der Waals surface area contributed by atoms with Crippen LogP contribution in [0, 0.1) is 5.82 Å². The minimum absolute atomic E-state index is 0.111. The summed E-state index contributed by atoms with van der Waals surface area (Å²) < 4.78 is 30.9. The third kappa shape index (κ3) is 4.80. The summed E-state index contributed by atoms with van der Waals surface area (Å²) in [5.74, 6) is -0.106. The molecule has 0 spiro atoms. The molecule has 2 aromatic carbocycles. The van der Waals surface area contributed by atoms with Crippen LogP contribution in [0.3, 0.4) is 0 Å². The standard InChI is InChI=1S/C19H15ClFNO3S/c20-14-4-2-6-17(10-14)26(24)12-16-7-8-18(25-16)19(23)22-11-13-3-1-5-15(21)9-13/h1-10H,11-12H2,(H,22,23)/t26-/m1/s1. The highest BCUT2D eigenvalue weighted by Crippen LogP contribution is 2.18. The van der Waals surface area contributed by atoms with Gasteiger partial charge in [-0.05, 0) is 48.0 Å². The van der Waals surface area contributed by atoms with Gasteiger partial charge in [-0.2, -0.15) is 0 Å². The predicted molar refractivity (Wildman–Crippen MR) is 97.8 cm³/mol. The molecule has 134 valence electrons. The van der Waals surface area contributed by atoms with Crippen molar-refractivity contribution >= 4 is 28.3 Å². The average molecular weight is 392 g/mol. The van der Waals surface area contributed by atoms with Gasteiger partial charge in [-0.25, -0.2) is 4.39 Å². The summed E-state index contributed by atoms with van der Waals surface area (Å²) in [6, 6.07) is 15.9. The predicted octanol–water partition coefficient (Wildman–Crippen LogP) is 4.31. The Kier molecular flexibility index (Phi) is 5.85. The van der Waals surface area contributed by atoms with Gasteiger partial charge < -0.3 is 9.73 Å². The molecule has 0 aliphatic rings. The Bertz CT molecular complexity index is 957. The number of rotatable bonds is 6. The molecule has 1 atom stereocenters. The molecule has 0 saturated heterocycles. The van der Waals surface area contributed by atoms with Crippen LogP contribution in [0.4, 0.5) is 4.39 Å². The van der Waals surface area contributed by atoms with E-state index in [2.05, 4.69) is 5.32 Å². The topological polar surface area (TPSA) is 59.3 Å². The van der Waals surface area contributed by atoms with Gasteiger partial charge in [0, 0.05) is 16.5 Å². The molecule has 1 N–H and O–H groups in total. The molecule has 0 fully saturated rings. The van der Waals surface area contributed by atoms with E-state index in [1.54, 1.807) is 42.5 Å². The van der Waals surface area contributed by atoms with Crippen molar-refractivity contribution in [1.29, 1.82) is 0 Å². The maximum Gasteiger partial charge on any atom is 0.287 e.